The third-order valence-corrected chi connectivity index (χ3v) is 7.63. The zero-order chi connectivity index (χ0) is 21.2. The highest BCUT2D eigenvalue weighted by atomic mass is 35.5. The molecule has 150 valence electrons. The van der Waals surface area contributed by atoms with Gasteiger partial charge in [0.25, 0.3) is 13.3 Å². The third kappa shape index (κ3) is 3.82. The summed E-state index contributed by atoms with van der Waals surface area (Å²) in [7, 11) is -2.32. The van der Waals surface area contributed by atoms with Crippen LogP contribution in [0.25, 0.3) is 10.8 Å². The minimum atomic E-state index is -3.69. The summed E-state index contributed by atoms with van der Waals surface area (Å²) in [6.45, 7) is 5.47. The van der Waals surface area contributed by atoms with Crippen LogP contribution in [0.2, 0.25) is 0 Å². The molecule has 0 aromatic heterocycles. The first-order valence-corrected chi connectivity index (χ1v) is 11.0. The van der Waals surface area contributed by atoms with E-state index in [0.29, 0.717) is 15.9 Å². The molecule has 2 unspecified atom stereocenters. The summed E-state index contributed by atoms with van der Waals surface area (Å²) in [5, 5.41) is 5.85. The minimum Gasteiger partial charge on any atom is -0.373 e. The van der Waals surface area contributed by atoms with E-state index in [9.17, 15) is 9.36 Å². The van der Waals surface area contributed by atoms with Gasteiger partial charge in [0.1, 0.15) is 5.70 Å². The Morgan fingerprint density at radius 1 is 1.28 bits per heavy atom. The van der Waals surface area contributed by atoms with Gasteiger partial charge < -0.3 is 15.6 Å². The van der Waals surface area contributed by atoms with Gasteiger partial charge in [-0.3, -0.25) is 9.36 Å². The highest BCUT2D eigenvalue weighted by Gasteiger charge is 2.43. The van der Waals surface area contributed by atoms with Gasteiger partial charge in [0, 0.05) is 23.5 Å². The third-order valence-electron chi connectivity index (χ3n) is 4.79. The molecule has 1 aliphatic heterocycles. The summed E-state index contributed by atoms with van der Waals surface area (Å²) in [5.74, 6) is -0.711. The number of hydrogen-bond acceptors (Lipinski definition) is 4. The van der Waals surface area contributed by atoms with Crippen molar-refractivity contribution in [3.63, 3.8) is 0 Å². The van der Waals surface area contributed by atoms with Crippen LogP contribution in [0.15, 0.2) is 88.9 Å². The van der Waals surface area contributed by atoms with Crippen LogP contribution < -0.4 is 16.4 Å². The van der Waals surface area contributed by atoms with Crippen LogP contribution in [0.3, 0.4) is 0 Å². The predicted octanol–water partition coefficient (Wildman–Crippen LogP) is 4.31. The molecule has 0 radical (unpaired) electrons. The van der Waals surface area contributed by atoms with Crippen molar-refractivity contribution in [3.8, 4) is 0 Å². The summed E-state index contributed by atoms with van der Waals surface area (Å²) in [4.78, 5) is 12.2. The highest BCUT2D eigenvalue weighted by Crippen LogP contribution is 2.60. The molecule has 0 aliphatic carbocycles. The maximum atomic E-state index is 14.4. The molecule has 1 heterocycles. The molecular weight excluding hydrogens is 407 g/mol. The number of allylic oxidation sites excluding steroid dienone is 4. The van der Waals surface area contributed by atoms with E-state index in [1.807, 2.05) is 43.3 Å². The summed E-state index contributed by atoms with van der Waals surface area (Å²) in [6, 6.07) is 12.7. The van der Waals surface area contributed by atoms with Gasteiger partial charge in [0.05, 0.1) is 5.31 Å². The number of nitrogens with two attached hydrogens (primary N) is 1. The average Bonchev–Trinajstić information content (AvgIpc) is 3.04. The molecule has 2 atom stereocenters. The molecule has 0 saturated carbocycles. The summed E-state index contributed by atoms with van der Waals surface area (Å²) in [5.41, 5.74) is 6.27. The Labute approximate surface area is 175 Å². The second kappa shape index (κ2) is 8.42. The summed E-state index contributed by atoms with van der Waals surface area (Å²) < 4.78 is 20.0. The standard InChI is InChI=1S/C22H22ClN2O3P/c1-4-8-16(23)13-18-14(2)25-20(22(24)26)21(18)29(27,28-3)19-12-7-10-15-9-5-6-11-17(15)19/h4-14,25H,1H2,2-3H3,(H2,24,26)/b16-8+,18-13+. The maximum Gasteiger partial charge on any atom is 0.265 e. The maximum absolute atomic E-state index is 14.4. The Morgan fingerprint density at radius 2 is 1.97 bits per heavy atom. The second-order valence-electron chi connectivity index (χ2n) is 6.57. The fraction of sp³-hybridized carbons (Fsp3) is 0.136. The van der Waals surface area contributed by atoms with Crippen LogP contribution >= 0.6 is 19.0 Å². The number of carbonyl (C=O) groups is 1. The Kier molecular flexibility index (Phi) is 6.13. The molecule has 3 N–H and O–H groups in total. The van der Waals surface area contributed by atoms with Crippen LogP contribution in [0, 0.1) is 0 Å². The van der Waals surface area contributed by atoms with Crippen LogP contribution in [-0.4, -0.2) is 19.1 Å². The molecule has 1 aliphatic rings. The van der Waals surface area contributed by atoms with Crippen molar-refractivity contribution < 1.29 is 13.9 Å². The number of rotatable bonds is 6. The van der Waals surface area contributed by atoms with E-state index in [1.54, 1.807) is 24.3 Å². The van der Waals surface area contributed by atoms with Crippen molar-refractivity contribution >= 4 is 41.0 Å². The second-order valence-corrected chi connectivity index (χ2v) is 9.41. The molecule has 0 bridgehead atoms. The van der Waals surface area contributed by atoms with Crippen molar-refractivity contribution in [2.24, 2.45) is 5.73 Å². The van der Waals surface area contributed by atoms with Crippen molar-refractivity contribution in [2.75, 3.05) is 7.11 Å². The number of carbonyl (C=O) groups excluding carboxylic acids is 1. The quantitative estimate of drug-likeness (QED) is 0.530. The van der Waals surface area contributed by atoms with Crippen LogP contribution in [0.5, 0.6) is 0 Å². The topological polar surface area (TPSA) is 81.4 Å². The molecule has 3 rings (SSSR count). The lowest BCUT2D eigenvalue weighted by molar-refractivity contribution is -0.114. The van der Waals surface area contributed by atoms with Gasteiger partial charge in [0.2, 0.25) is 0 Å². The van der Waals surface area contributed by atoms with E-state index in [0.717, 1.165) is 10.8 Å². The van der Waals surface area contributed by atoms with Gasteiger partial charge >= 0.3 is 0 Å². The van der Waals surface area contributed by atoms with E-state index >= 15 is 0 Å². The van der Waals surface area contributed by atoms with Gasteiger partial charge in [-0.2, -0.15) is 0 Å². The smallest absolute Gasteiger partial charge is 0.265 e. The number of fused-ring (bicyclic) bond motifs is 1. The van der Waals surface area contributed by atoms with E-state index in [1.165, 1.54) is 7.11 Å². The lowest BCUT2D eigenvalue weighted by Crippen LogP contribution is -2.28. The average molecular weight is 429 g/mol. The van der Waals surface area contributed by atoms with Gasteiger partial charge in [-0.1, -0.05) is 60.7 Å². The molecule has 7 heteroatoms. The predicted molar refractivity (Wildman–Crippen MR) is 119 cm³/mol. The first-order valence-electron chi connectivity index (χ1n) is 8.99. The van der Waals surface area contributed by atoms with Gasteiger partial charge in [-0.05, 0) is 41.5 Å². The van der Waals surface area contributed by atoms with E-state index in [2.05, 4.69) is 11.9 Å². The molecule has 0 fully saturated rings. The molecule has 29 heavy (non-hydrogen) atoms. The Balaban J connectivity index is 2.35. The lowest BCUT2D eigenvalue weighted by Gasteiger charge is -2.22. The van der Waals surface area contributed by atoms with Gasteiger partial charge in [0.15, 0.2) is 0 Å². The van der Waals surface area contributed by atoms with Crippen LogP contribution in [0.4, 0.5) is 0 Å². The SMILES string of the molecule is C=C/C=C(Cl)\C=C1\C(P(=O)(OC)c2cccc3ccccc23)=C(C(N)=O)NC1C. The number of amides is 1. The van der Waals surface area contributed by atoms with Crippen LogP contribution in [-0.2, 0) is 13.9 Å². The largest absolute Gasteiger partial charge is 0.373 e. The fourth-order valence-electron chi connectivity index (χ4n) is 3.49. The molecule has 5 nitrogen and oxygen atoms in total. The Bertz CT molecular complexity index is 1130. The molecule has 2 aromatic carbocycles. The highest BCUT2D eigenvalue weighted by molar-refractivity contribution is 7.72. The number of nitrogens with one attached hydrogen (secondary N) is 1. The molecule has 0 spiro atoms. The lowest BCUT2D eigenvalue weighted by atomic mass is 10.1. The Hall–Kier alpha value is -2.59. The van der Waals surface area contributed by atoms with Gasteiger partial charge in [-0.15, -0.1) is 0 Å². The van der Waals surface area contributed by atoms with Crippen molar-refractivity contribution in [1.29, 1.82) is 0 Å². The number of benzene rings is 2. The molecular formula is C22H22ClN2O3P. The molecule has 2 aromatic rings. The van der Waals surface area contributed by atoms with E-state index in [4.69, 9.17) is 21.9 Å². The van der Waals surface area contributed by atoms with E-state index in [-0.39, 0.29) is 17.1 Å². The van der Waals surface area contributed by atoms with Gasteiger partial charge in [-0.25, -0.2) is 0 Å². The van der Waals surface area contributed by atoms with Crippen molar-refractivity contribution in [2.45, 2.75) is 13.0 Å². The first kappa shape index (κ1) is 21.1. The normalized spacial score (nSPS) is 20.6. The Morgan fingerprint density at radius 3 is 2.62 bits per heavy atom. The first-order chi connectivity index (χ1) is 13.8. The molecule has 1 amide bonds. The fourth-order valence-corrected chi connectivity index (χ4v) is 6.19. The van der Waals surface area contributed by atoms with Crippen molar-refractivity contribution in [3.05, 3.63) is 88.9 Å². The monoisotopic (exact) mass is 428 g/mol. The van der Waals surface area contributed by atoms with E-state index < -0.39 is 13.3 Å². The zero-order valence-corrected chi connectivity index (χ0v) is 17.8. The minimum absolute atomic E-state index is 0.0740. The van der Waals surface area contributed by atoms with Crippen molar-refractivity contribution in [1.82, 2.24) is 5.32 Å². The van der Waals surface area contributed by atoms with Crippen LogP contribution in [0.1, 0.15) is 6.92 Å². The number of halogens is 1. The molecule has 0 saturated heterocycles. The number of hydrogen-bond donors (Lipinski definition) is 2. The number of primary amides is 1. The zero-order valence-electron chi connectivity index (χ0n) is 16.2. The summed E-state index contributed by atoms with van der Waals surface area (Å²) in [6.07, 6.45) is 4.81. The summed E-state index contributed by atoms with van der Waals surface area (Å²) >= 11 is 6.27.